The standard InChI is InChI=1S/C18H13ClF2N2O2S/c1-10-8-12(19)6-7-14(10)23-16(24)13(22-18(23)26)9-11-4-2-3-5-15(11)25-17(20)21/h2-9,17H,1H3,(H,22,26)/b13-9+. The zero-order valence-corrected chi connectivity index (χ0v) is 15.1. The normalized spacial score (nSPS) is 15.7. The van der Waals surface area contributed by atoms with E-state index < -0.39 is 12.5 Å². The molecule has 0 saturated carbocycles. The summed E-state index contributed by atoms with van der Waals surface area (Å²) in [6, 6.07) is 11.3. The molecule has 3 rings (SSSR count). The highest BCUT2D eigenvalue weighted by Gasteiger charge is 2.33. The lowest BCUT2D eigenvalue weighted by molar-refractivity contribution is -0.113. The first-order chi connectivity index (χ1) is 12.4. The number of nitrogens with zero attached hydrogens (tertiary/aromatic N) is 1. The van der Waals surface area contributed by atoms with E-state index >= 15 is 0 Å². The van der Waals surface area contributed by atoms with Crippen molar-refractivity contribution in [2.45, 2.75) is 13.5 Å². The highest BCUT2D eigenvalue weighted by molar-refractivity contribution is 7.80. The van der Waals surface area contributed by atoms with Gasteiger partial charge in [-0.25, -0.2) is 0 Å². The molecule has 0 radical (unpaired) electrons. The molecule has 0 aromatic heterocycles. The number of thiocarbonyl (C=S) groups is 1. The van der Waals surface area contributed by atoms with Gasteiger partial charge in [0, 0.05) is 10.6 Å². The van der Waals surface area contributed by atoms with Crippen LogP contribution in [-0.2, 0) is 4.79 Å². The number of carbonyl (C=O) groups excluding carboxylic acids is 1. The maximum atomic E-state index is 12.8. The van der Waals surface area contributed by atoms with E-state index in [2.05, 4.69) is 10.1 Å². The lowest BCUT2D eigenvalue weighted by Gasteiger charge is -2.16. The van der Waals surface area contributed by atoms with E-state index in [-0.39, 0.29) is 16.6 Å². The van der Waals surface area contributed by atoms with E-state index in [0.29, 0.717) is 16.3 Å². The van der Waals surface area contributed by atoms with Gasteiger partial charge in [0.25, 0.3) is 5.91 Å². The number of rotatable bonds is 4. The molecule has 8 heteroatoms. The quantitative estimate of drug-likeness (QED) is 0.612. The van der Waals surface area contributed by atoms with Gasteiger partial charge in [0.2, 0.25) is 0 Å². The molecule has 2 aromatic carbocycles. The van der Waals surface area contributed by atoms with Crippen molar-refractivity contribution in [2.24, 2.45) is 0 Å². The van der Waals surface area contributed by atoms with Crippen molar-refractivity contribution in [3.8, 4) is 5.75 Å². The number of ether oxygens (including phenoxy) is 1. The maximum Gasteiger partial charge on any atom is 0.387 e. The molecule has 1 fully saturated rings. The first-order valence-electron chi connectivity index (χ1n) is 7.54. The number of hydrogen-bond acceptors (Lipinski definition) is 3. The molecule has 0 unspecified atom stereocenters. The van der Waals surface area contributed by atoms with Crippen molar-refractivity contribution in [3.05, 3.63) is 64.3 Å². The molecule has 1 N–H and O–H groups in total. The third-order valence-corrected chi connectivity index (χ3v) is 4.23. The zero-order chi connectivity index (χ0) is 18.8. The number of para-hydroxylation sites is 1. The van der Waals surface area contributed by atoms with E-state index in [9.17, 15) is 13.6 Å². The SMILES string of the molecule is Cc1cc(Cl)ccc1N1C(=O)/C(=C\c2ccccc2OC(F)F)NC1=S. The number of aryl methyl sites for hydroxylation is 1. The van der Waals surface area contributed by atoms with E-state index in [0.717, 1.165) is 5.56 Å². The van der Waals surface area contributed by atoms with Crippen molar-refractivity contribution in [2.75, 3.05) is 4.90 Å². The van der Waals surface area contributed by atoms with Gasteiger partial charge in [-0.05, 0) is 55.0 Å². The van der Waals surface area contributed by atoms with Crippen LogP contribution >= 0.6 is 23.8 Å². The molecule has 2 aromatic rings. The van der Waals surface area contributed by atoms with E-state index in [1.807, 2.05) is 6.92 Å². The minimum Gasteiger partial charge on any atom is -0.434 e. The van der Waals surface area contributed by atoms with Crippen LogP contribution in [0.25, 0.3) is 6.08 Å². The summed E-state index contributed by atoms with van der Waals surface area (Å²) in [4.78, 5) is 14.1. The second-order valence-corrected chi connectivity index (χ2v) is 6.30. The van der Waals surface area contributed by atoms with Crippen LogP contribution in [0.4, 0.5) is 14.5 Å². The zero-order valence-electron chi connectivity index (χ0n) is 13.5. The number of nitrogens with one attached hydrogen (secondary N) is 1. The Hall–Kier alpha value is -2.51. The second-order valence-electron chi connectivity index (χ2n) is 5.48. The molecule has 4 nitrogen and oxygen atoms in total. The maximum absolute atomic E-state index is 12.8. The first kappa shape index (κ1) is 18.3. The monoisotopic (exact) mass is 394 g/mol. The fourth-order valence-corrected chi connectivity index (χ4v) is 3.10. The molecule has 0 atom stereocenters. The minimum absolute atomic E-state index is 0.0309. The molecule has 134 valence electrons. The molecular formula is C18H13ClF2N2O2S. The number of carbonyl (C=O) groups is 1. The summed E-state index contributed by atoms with van der Waals surface area (Å²) < 4.78 is 29.6. The highest BCUT2D eigenvalue weighted by Crippen LogP contribution is 2.29. The molecule has 1 aliphatic heterocycles. The summed E-state index contributed by atoms with van der Waals surface area (Å²) in [5.41, 5.74) is 1.87. The number of halogens is 3. The Morgan fingerprint density at radius 2 is 2.00 bits per heavy atom. The Morgan fingerprint density at radius 3 is 2.69 bits per heavy atom. The molecule has 1 saturated heterocycles. The number of amides is 1. The third-order valence-electron chi connectivity index (χ3n) is 3.71. The van der Waals surface area contributed by atoms with E-state index in [4.69, 9.17) is 23.8 Å². The molecule has 0 spiro atoms. The molecule has 0 aliphatic carbocycles. The number of anilines is 1. The van der Waals surface area contributed by atoms with Gasteiger partial charge in [-0.1, -0.05) is 29.8 Å². The van der Waals surface area contributed by atoms with Crippen molar-refractivity contribution in [3.63, 3.8) is 0 Å². The van der Waals surface area contributed by atoms with Crippen LogP contribution in [0.15, 0.2) is 48.2 Å². The highest BCUT2D eigenvalue weighted by atomic mass is 35.5. The molecule has 1 amide bonds. The fourth-order valence-electron chi connectivity index (χ4n) is 2.58. The van der Waals surface area contributed by atoms with E-state index in [1.54, 1.807) is 36.4 Å². The van der Waals surface area contributed by atoms with Crippen molar-refractivity contribution < 1.29 is 18.3 Å². The van der Waals surface area contributed by atoms with Crippen LogP contribution in [0.5, 0.6) is 5.75 Å². The molecular weight excluding hydrogens is 382 g/mol. The van der Waals surface area contributed by atoms with Gasteiger partial charge >= 0.3 is 6.61 Å². The number of alkyl halides is 2. The van der Waals surface area contributed by atoms with Gasteiger partial charge < -0.3 is 10.1 Å². The summed E-state index contributed by atoms with van der Waals surface area (Å²) in [6.45, 7) is -1.15. The van der Waals surface area contributed by atoms with Crippen LogP contribution in [-0.4, -0.2) is 17.6 Å². The molecule has 26 heavy (non-hydrogen) atoms. The molecule has 0 bridgehead atoms. The van der Waals surface area contributed by atoms with Crippen molar-refractivity contribution in [1.82, 2.24) is 5.32 Å². The number of hydrogen-bond donors (Lipinski definition) is 1. The van der Waals surface area contributed by atoms with Crippen LogP contribution in [0.2, 0.25) is 5.02 Å². The van der Waals surface area contributed by atoms with Crippen molar-refractivity contribution in [1.29, 1.82) is 0 Å². The van der Waals surface area contributed by atoms with Gasteiger partial charge in [-0.3, -0.25) is 9.69 Å². The summed E-state index contributed by atoms with van der Waals surface area (Å²) in [5.74, 6) is -0.427. The average molecular weight is 395 g/mol. The molecule has 1 heterocycles. The summed E-state index contributed by atoms with van der Waals surface area (Å²) in [7, 11) is 0. The van der Waals surface area contributed by atoms with E-state index in [1.165, 1.54) is 17.0 Å². The Bertz CT molecular complexity index is 918. The largest absolute Gasteiger partial charge is 0.434 e. The van der Waals surface area contributed by atoms with Gasteiger partial charge in [0.05, 0.1) is 5.69 Å². The van der Waals surface area contributed by atoms with Gasteiger partial charge in [0.15, 0.2) is 5.11 Å². The lowest BCUT2D eigenvalue weighted by atomic mass is 10.1. The minimum atomic E-state index is -2.96. The summed E-state index contributed by atoms with van der Waals surface area (Å²) in [5, 5.41) is 3.56. The summed E-state index contributed by atoms with van der Waals surface area (Å²) in [6.07, 6.45) is 1.43. The first-order valence-corrected chi connectivity index (χ1v) is 8.32. The molecule has 1 aliphatic rings. The van der Waals surface area contributed by atoms with Crippen LogP contribution < -0.4 is 15.0 Å². The topological polar surface area (TPSA) is 41.6 Å². The van der Waals surface area contributed by atoms with Gasteiger partial charge in [-0.15, -0.1) is 0 Å². The Morgan fingerprint density at radius 1 is 1.27 bits per heavy atom. The third kappa shape index (κ3) is 3.68. The predicted molar refractivity (Wildman–Crippen MR) is 100 cm³/mol. The number of benzene rings is 2. The Kier molecular flexibility index (Phi) is 5.20. The lowest BCUT2D eigenvalue weighted by Crippen LogP contribution is -2.30. The smallest absolute Gasteiger partial charge is 0.387 e. The Balaban J connectivity index is 1.96. The van der Waals surface area contributed by atoms with Crippen LogP contribution in [0, 0.1) is 6.92 Å². The average Bonchev–Trinajstić information content (AvgIpc) is 2.83. The van der Waals surface area contributed by atoms with Crippen LogP contribution in [0.3, 0.4) is 0 Å². The Labute approximate surface area is 159 Å². The fraction of sp³-hybridized carbons (Fsp3) is 0.111. The van der Waals surface area contributed by atoms with Crippen molar-refractivity contribution >= 4 is 46.6 Å². The van der Waals surface area contributed by atoms with Gasteiger partial charge in [0.1, 0.15) is 11.4 Å². The second kappa shape index (κ2) is 7.39. The van der Waals surface area contributed by atoms with Gasteiger partial charge in [-0.2, -0.15) is 8.78 Å². The predicted octanol–water partition coefficient (Wildman–Crippen LogP) is 4.51. The summed E-state index contributed by atoms with van der Waals surface area (Å²) >= 11 is 11.2. The van der Waals surface area contributed by atoms with Crippen LogP contribution in [0.1, 0.15) is 11.1 Å².